The lowest BCUT2D eigenvalue weighted by molar-refractivity contribution is 0.551. The molecule has 8 heteroatoms. The second kappa shape index (κ2) is 6.10. The molecule has 3 N–H and O–H groups in total. The number of sulfonamides is 1. The van der Waals surface area contributed by atoms with E-state index in [2.05, 4.69) is 9.71 Å². The van der Waals surface area contributed by atoms with Crippen molar-refractivity contribution in [1.82, 2.24) is 9.71 Å². The lowest BCUT2D eigenvalue weighted by atomic mass is 10.3. The van der Waals surface area contributed by atoms with Crippen LogP contribution in [0.1, 0.15) is 30.0 Å². The first kappa shape index (κ1) is 14.6. The highest BCUT2D eigenvalue weighted by molar-refractivity contribution is 7.91. The summed E-state index contributed by atoms with van der Waals surface area (Å²) >= 11 is 2.63. The van der Waals surface area contributed by atoms with Crippen LogP contribution in [0.2, 0.25) is 0 Å². The number of hydrogen-bond donors (Lipinski definition) is 2. The number of nitrogens with one attached hydrogen (secondary N) is 1. The fourth-order valence-corrected chi connectivity index (χ4v) is 4.93. The van der Waals surface area contributed by atoms with Gasteiger partial charge < -0.3 is 5.73 Å². The summed E-state index contributed by atoms with van der Waals surface area (Å²) in [5.41, 5.74) is 6.32. The normalized spacial score (nSPS) is 13.6. The molecule has 2 rings (SSSR count). The first-order chi connectivity index (χ1) is 9.06. The largest absolute Gasteiger partial charge is 0.326 e. The topological polar surface area (TPSA) is 85.1 Å². The van der Waals surface area contributed by atoms with Crippen molar-refractivity contribution < 1.29 is 8.42 Å². The highest BCUT2D eigenvalue weighted by Crippen LogP contribution is 2.25. The Bertz CT molecular complexity index is 619. The molecule has 0 spiro atoms. The number of hydrogen-bond acceptors (Lipinski definition) is 6. The predicted molar refractivity (Wildman–Crippen MR) is 77.7 cm³/mol. The Morgan fingerprint density at radius 2 is 2.26 bits per heavy atom. The van der Waals surface area contributed by atoms with E-state index in [0.717, 1.165) is 10.6 Å². The van der Waals surface area contributed by atoms with Gasteiger partial charge in [0.1, 0.15) is 9.22 Å². The van der Waals surface area contributed by atoms with Crippen LogP contribution >= 0.6 is 22.7 Å². The van der Waals surface area contributed by atoms with E-state index in [1.54, 1.807) is 17.6 Å². The molecule has 0 fully saturated rings. The third-order valence-corrected chi connectivity index (χ3v) is 6.43. The van der Waals surface area contributed by atoms with Crippen molar-refractivity contribution in [3.8, 4) is 0 Å². The molecule has 104 valence electrons. The molecule has 2 aromatic heterocycles. The minimum Gasteiger partial charge on any atom is -0.326 e. The Kier molecular flexibility index (Phi) is 4.69. The summed E-state index contributed by atoms with van der Waals surface area (Å²) < 4.78 is 27.5. The zero-order valence-electron chi connectivity index (χ0n) is 10.4. The second-order valence-electron chi connectivity index (χ2n) is 3.93. The summed E-state index contributed by atoms with van der Waals surface area (Å²) in [6.45, 7) is 2.27. The highest BCUT2D eigenvalue weighted by Gasteiger charge is 2.23. The van der Waals surface area contributed by atoms with Crippen LogP contribution in [0.15, 0.2) is 27.2 Å². The molecule has 2 heterocycles. The van der Waals surface area contributed by atoms with Crippen molar-refractivity contribution in [1.29, 1.82) is 0 Å². The highest BCUT2D eigenvalue weighted by atomic mass is 32.2. The van der Waals surface area contributed by atoms with Gasteiger partial charge >= 0.3 is 0 Å². The maximum atomic E-state index is 12.3. The zero-order valence-corrected chi connectivity index (χ0v) is 12.8. The van der Waals surface area contributed by atoms with Crippen molar-refractivity contribution in [2.24, 2.45) is 5.73 Å². The van der Waals surface area contributed by atoms with Gasteiger partial charge in [-0.05, 0) is 23.4 Å². The maximum Gasteiger partial charge on any atom is 0.250 e. The van der Waals surface area contributed by atoms with Gasteiger partial charge in [-0.1, -0.05) is 6.92 Å². The number of aromatic nitrogens is 1. The molecule has 2 aromatic rings. The summed E-state index contributed by atoms with van der Waals surface area (Å²) in [4.78, 5) is 4.16. The van der Waals surface area contributed by atoms with Gasteiger partial charge in [0, 0.05) is 18.1 Å². The molecular formula is C11H15N3O2S3. The first-order valence-electron chi connectivity index (χ1n) is 5.76. The molecule has 19 heavy (non-hydrogen) atoms. The smallest absolute Gasteiger partial charge is 0.250 e. The van der Waals surface area contributed by atoms with Crippen LogP contribution in [-0.4, -0.2) is 13.4 Å². The average molecular weight is 317 g/mol. The molecule has 5 nitrogen and oxygen atoms in total. The summed E-state index contributed by atoms with van der Waals surface area (Å²) in [5.74, 6) is 0. The number of thiophene rings is 1. The van der Waals surface area contributed by atoms with Crippen LogP contribution in [0.3, 0.4) is 0 Å². The van der Waals surface area contributed by atoms with E-state index in [1.807, 2.05) is 12.3 Å². The van der Waals surface area contributed by atoms with Crippen molar-refractivity contribution in [3.05, 3.63) is 33.6 Å². The molecule has 0 aromatic carbocycles. The molecule has 0 aliphatic carbocycles. The lowest BCUT2D eigenvalue weighted by Gasteiger charge is -2.13. The van der Waals surface area contributed by atoms with E-state index < -0.39 is 10.0 Å². The zero-order chi connectivity index (χ0) is 13.9. The summed E-state index contributed by atoms with van der Waals surface area (Å²) in [6, 6.07) is 1.33. The van der Waals surface area contributed by atoms with E-state index in [-0.39, 0.29) is 6.04 Å². The molecule has 0 aliphatic heterocycles. The van der Waals surface area contributed by atoms with Gasteiger partial charge in [0.25, 0.3) is 10.0 Å². The average Bonchev–Trinajstić information content (AvgIpc) is 3.06. The van der Waals surface area contributed by atoms with Crippen molar-refractivity contribution >= 4 is 32.7 Å². The third-order valence-electron chi connectivity index (χ3n) is 2.59. The molecule has 0 amide bonds. The second-order valence-corrected chi connectivity index (χ2v) is 7.71. The van der Waals surface area contributed by atoms with Crippen LogP contribution in [-0.2, 0) is 16.6 Å². The van der Waals surface area contributed by atoms with E-state index in [0.29, 0.717) is 17.2 Å². The van der Waals surface area contributed by atoms with Gasteiger partial charge in [-0.15, -0.1) is 22.7 Å². The predicted octanol–water partition coefficient (Wildman–Crippen LogP) is 2.09. The Morgan fingerprint density at radius 1 is 1.47 bits per heavy atom. The lowest BCUT2D eigenvalue weighted by Crippen LogP contribution is -2.27. The first-order valence-corrected chi connectivity index (χ1v) is 9.00. The fourth-order valence-electron chi connectivity index (χ4n) is 1.56. The standard InChI is InChI=1S/C11H15N3O2S3/c1-2-9(11-13-3-4-17-11)14-19(15,16)10-5-8(6-12)7-18-10/h3-5,7,9,14H,2,6,12H2,1H3. The van der Waals surface area contributed by atoms with Crippen molar-refractivity contribution in [3.63, 3.8) is 0 Å². The van der Waals surface area contributed by atoms with Crippen molar-refractivity contribution in [2.45, 2.75) is 30.1 Å². The molecule has 0 radical (unpaired) electrons. The molecule has 0 saturated heterocycles. The van der Waals surface area contributed by atoms with E-state index in [1.165, 1.54) is 22.7 Å². The summed E-state index contributed by atoms with van der Waals surface area (Å²) in [7, 11) is -3.51. The minimum absolute atomic E-state index is 0.284. The molecule has 0 saturated carbocycles. The SMILES string of the molecule is CCC(NS(=O)(=O)c1cc(CN)cs1)c1nccs1. The molecule has 0 aliphatic rings. The Hall–Kier alpha value is -0.800. The summed E-state index contributed by atoms with van der Waals surface area (Å²) in [6.07, 6.45) is 2.33. The van der Waals surface area contributed by atoms with E-state index in [9.17, 15) is 8.42 Å². The third kappa shape index (κ3) is 3.40. The molecule has 1 unspecified atom stereocenters. The van der Waals surface area contributed by atoms with Gasteiger partial charge in [-0.3, -0.25) is 0 Å². The Balaban J connectivity index is 2.20. The maximum absolute atomic E-state index is 12.3. The van der Waals surface area contributed by atoms with E-state index in [4.69, 9.17) is 5.73 Å². The summed E-state index contributed by atoms with van der Waals surface area (Å²) in [5, 5.41) is 4.38. The van der Waals surface area contributed by atoms with Crippen LogP contribution in [0.25, 0.3) is 0 Å². The van der Waals surface area contributed by atoms with Crippen LogP contribution in [0.4, 0.5) is 0 Å². The number of nitrogens with zero attached hydrogens (tertiary/aromatic N) is 1. The van der Waals surface area contributed by atoms with Gasteiger partial charge in [0.05, 0.1) is 6.04 Å². The number of nitrogens with two attached hydrogens (primary N) is 1. The van der Waals surface area contributed by atoms with Gasteiger partial charge in [0.15, 0.2) is 0 Å². The van der Waals surface area contributed by atoms with Gasteiger partial charge in [-0.2, -0.15) is 0 Å². The molecule has 0 bridgehead atoms. The van der Waals surface area contributed by atoms with Crippen LogP contribution in [0.5, 0.6) is 0 Å². The Morgan fingerprint density at radius 3 is 2.79 bits per heavy atom. The van der Waals surface area contributed by atoms with Crippen LogP contribution in [0, 0.1) is 0 Å². The fraction of sp³-hybridized carbons (Fsp3) is 0.364. The van der Waals surface area contributed by atoms with E-state index >= 15 is 0 Å². The Labute approximate surface area is 120 Å². The monoisotopic (exact) mass is 317 g/mol. The molecule has 1 atom stereocenters. The quantitative estimate of drug-likeness (QED) is 0.854. The van der Waals surface area contributed by atoms with Gasteiger partial charge in [0.2, 0.25) is 0 Å². The van der Waals surface area contributed by atoms with Crippen molar-refractivity contribution in [2.75, 3.05) is 0 Å². The van der Waals surface area contributed by atoms with Crippen LogP contribution < -0.4 is 10.5 Å². The number of thiazole rings is 1. The minimum atomic E-state index is -3.51. The number of rotatable bonds is 6. The molecular weight excluding hydrogens is 302 g/mol. The van der Waals surface area contributed by atoms with Gasteiger partial charge in [-0.25, -0.2) is 18.1 Å².